The van der Waals surface area contributed by atoms with Crippen LogP contribution in [0.1, 0.15) is 32.4 Å². The summed E-state index contributed by atoms with van der Waals surface area (Å²) in [5, 5.41) is 6.19. The van der Waals surface area contributed by atoms with Gasteiger partial charge in [-0.2, -0.15) is 0 Å². The standard InChI is InChI=1S/C14H22N2OS/c1-4-15-11(3)12-7-6-8-13(9-12)18-10-14(17)16-5-2/h6-9,11,15H,4-5,10H2,1-3H3,(H,16,17). The second-order valence-electron chi connectivity index (χ2n) is 4.09. The van der Waals surface area contributed by atoms with E-state index in [1.165, 1.54) is 5.56 Å². The van der Waals surface area contributed by atoms with Gasteiger partial charge in [0.05, 0.1) is 5.75 Å². The van der Waals surface area contributed by atoms with E-state index < -0.39 is 0 Å². The molecule has 0 aromatic heterocycles. The Bertz CT molecular complexity index is 382. The van der Waals surface area contributed by atoms with E-state index in [1.54, 1.807) is 11.8 Å². The van der Waals surface area contributed by atoms with E-state index in [-0.39, 0.29) is 5.91 Å². The summed E-state index contributed by atoms with van der Waals surface area (Å²) in [5.41, 5.74) is 1.26. The Labute approximate surface area is 114 Å². The van der Waals surface area contributed by atoms with Crippen LogP contribution in [-0.4, -0.2) is 24.7 Å². The topological polar surface area (TPSA) is 41.1 Å². The van der Waals surface area contributed by atoms with Gasteiger partial charge in [-0.25, -0.2) is 0 Å². The average molecular weight is 266 g/mol. The Morgan fingerprint density at radius 3 is 2.78 bits per heavy atom. The molecule has 1 amide bonds. The van der Waals surface area contributed by atoms with Crippen LogP contribution in [0, 0.1) is 0 Å². The number of rotatable bonds is 7. The molecule has 4 heteroatoms. The fraction of sp³-hybridized carbons (Fsp3) is 0.500. The van der Waals surface area contributed by atoms with Crippen LogP contribution in [0.4, 0.5) is 0 Å². The number of amides is 1. The monoisotopic (exact) mass is 266 g/mol. The minimum Gasteiger partial charge on any atom is -0.356 e. The molecule has 1 rings (SSSR count). The number of hydrogen-bond donors (Lipinski definition) is 2. The highest BCUT2D eigenvalue weighted by molar-refractivity contribution is 8.00. The molecule has 0 aliphatic carbocycles. The van der Waals surface area contributed by atoms with Crippen molar-refractivity contribution in [2.45, 2.75) is 31.7 Å². The molecule has 0 radical (unpaired) electrons. The minimum absolute atomic E-state index is 0.0904. The third-order valence-corrected chi connectivity index (χ3v) is 3.61. The van der Waals surface area contributed by atoms with E-state index in [4.69, 9.17) is 0 Å². The number of carbonyl (C=O) groups excluding carboxylic acids is 1. The molecule has 3 nitrogen and oxygen atoms in total. The number of thioether (sulfide) groups is 1. The Kier molecular flexibility index (Phi) is 6.83. The smallest absolute Gasteiger partial charge is 0.230 e. The van der Waals surface area contributed by atoms with Gasteiger partial charge in [0, 0.05) is 17.5 Å². The zero-order valence-corrected chi connectivity index (χ0v) is 12.1. The van der Waals surface area contributed by atoms with Gasteiger partial charge in [-0.05, 0) is 38.1 Å². The first-order valence-electron chi connectivity index (χ1n) is 6.40. The van der Waals surface area contributed by atoms with Crippen molar-refractivity contribution in [2.24, 2.45) is 0 Å². The summed E-state index contributed by atoms with van der Waals surface area (Å²) < 4.78 is 0. The normalized spacial score (nSPS) is 12.2. The third-order valence-electron chi connectivity index (χ3n) is 2.61. The molecule has 0 spiro atoms. The van der Waals surface area contributed by atoms with Gasteiger partial charge in [-0.3, -0.25) is 4.79 Å². The molecule has 18 heavy (non-hydrogen) atoms. The van der Waals surface area contributed by atoms with Crippen LogP contribution in [-0.2, 0) is 4.79 Å². The van der Waals surface area contributed by atoms with Crippen LogP contribution in [0.2, 0.25) is 0 Å². The van der Waals surface area contributed by atoms with Gasteiger partial charge in [-0.1, -0.05) is 19.1 Å². The van der Waals surface area contributed by atoms with Crippen LogP contribution in [0.25, 0.3) is 0 Å². The lowest BCUT2D eigenvalue weighted by Gasteiger charge is -2.13. The van der Waals surface area contributed by atoms with Gasteiger partial charge < -0.3 is 10.6 Å². The van der Waals surface area contributed by atoms with Gasteiger partial charge in [0.25, 0.3) is 0 Å². The van der Waals surface area contributed by atoms with Crippen molar-refractivity contribution in [3.63, 3.8) is 0 Å². The second-order valence-corrected chi connectivity index (χ2v) is 5.14. The molecule has 0 fully saturated rings. The highest BCUT2D eigenvalue weighted by atomic mass is 32.2. The molecule has 0 saturated heterocycles. The average Bonchev–Trinajstić information content (AvgIpc) is 2.37. The SMILES string of the molecule is CCNC(=O)CSc1cccc(C(C)NCC)c1. The fourth-order valence-electron chi connectivity index (χ4n) is 1.69. The first kappa shape index (κ1) is 15.1. The molecule has 0 aliphatic rings. The largest absolute Gasteiger partial charge is 0.356 e. The Balaban J connectivity index is 2.56. The quantitative estimate of drug-likeness (QED) is 0.745. The molecule has 1 aromatic rings. The van der Waals surface area contributed by atoms with E-state index in [1.807, 2.05) is 19.1 Å². The summed E-state index contributed by atoms with van der Waals surface area (Å²) >= 11 is 1.58. The van der Waals surface area contributed by atoms with Crippen LogP contribution >= 0.6 is 11.8 Å². The summed E-state index contributed by atoms with van der Waals surface area (Å²) in [6, 6.07) is 8.70. The molecule has 1 aromatic carbocycles. The molecule has 0 bridgehead atoms. The van der Waals surface area contributed by atoms with Crippen LogP contribution < -0.4 is 10.6 Å². The molecular weight excluding hydrogens is 244 g/mol. The van der Waals surface area contributed by atoms with Crippen molar-refractivity contribution >= 4 is 17.7 Å². The van der Waals surface area contributed by atoms with E-state index >= 15 is 0 Å². The lowest BCUT2D eigenvalue weighted by molar-refractivity contribution is -0.118. The van der Waals surface area contributed by atoms with Crippen LogP contribution in [0.15, 0.2) is 29.2 Å². The van der Waals surface area contributed by atoms with Gasteiger partial charge >= 0.3 is 0 Å². The van der Waals surface area contributed by atoms with E-state index in [0.29, 0.717) is 18.3 Å². The first-order chi connectivity index (χ1) is 8.67. The minimum atomic E-state index is 0.0904. The Morgan fingerprint density at radius 1 is 1.33 bits per heavy atom. The maximum Gasteiger partial charge on any atom is 0.230 e. The zero-order chi connectivity index (χ0) is 13.4. The van der Waals surface area contributed by atoms with Crippen molar-refractivity contribution in [3.8, 4) is 0 Å². The fourth-order valence-corrected chi connectivity index (χ4v) is 2.49. The second kappa shape index (κ2) is 8.16. The lowest BCUT2D eigenvalue weighted by atomic mass is 10.1. The van der Waals surface area contributed by atoms with E-state index in [9.17, 15) is 4.79 Å². The Hall–Kier alpha value is -1.00. The molecule has 2 N–H and O–H groups in total. The summed E-state index contributed by atoms with van der Waals surface area (Å²) in [6.07, 6.45) is 0. The maximum absolute atomic E-state index is 11.4. The van der Waals surface area contributed by atoms with Gasteiger partial charge in [0.1, 0.15) is 0 Å². The third kappa shape index (κ3) is 5.10. The van der Waals surface area contributed by atoms with Crippen molar-refractivity contribution in [1.29, 1.82) is 0 Å². The summed E-state index contributed by atoms with van der Waals surface area (Å²) in [7, 11) is 0. The molecular formula is C14H22N2OS. The first-order valence-corrected chi connectivity index (χ1v) is 7.38. The van der Waals surface area contributed by atoms with Crippen molar-refractivity contribution in [3.05, 3.63) is 29.8 Å². The number of carbonyl (C=O) groups is 1. The highest BCUT2D eigenvalue weighted by Crippen LogP contribution is 2.22. The van der Waals surface area contributed by atoms with Crippen LogP contribution in [0.3, 0.4) is 0 Å². The van der Waals surface area contributed by atoms with Crippen molar-refractivity contribution in [2.75, 3.05) is 18.8 Å². The van der Waals surface area contributed by atoms with Crippen molar-refractivity contribution in [1.82, 2.24) is 10.6 Å². The van der Waals surface area contributed by atoms with Gasteiger partial charge in [0.15, 0.2) is 0 Å². The Morgan fingerprint density at radius 2 is 2.11 bits per heavy atom. The highest BCUT2D eigenvalue weighted by Gasteiger charge is 2.06. The number of benzene rings is 1. The predicted molar refractivity (Wildman–Crippen MR) is 77.9 cm³/mol. The summed E-state index contributed by atoms with van der Waals surface area (Å²) in [6.45, 7) is 7.83. The molecule has 0 aliphatic heterocycles. The van der Waals surface area contributed by atoms with E-state index in [2.05, 4.69) is 36.6 Å². The molecule has 1 atom stereocenters. The van der Waals surface area contributed by atoms with Crippen LogP contribution in [0.5, 0.6) is 0 Å². The summed E-state index contributed by atoms with van der Waals surface area (Å²) in [4.78, 5) is 12.5. The molecule has 0 heterocycles. The van der Waals surface area contributed by atoms with Crippen molar-refractivity contribution < 1.29 is 4.79 Å². The molecule has 100 valence electrons. The zero-order valence-electron chi connectivity index (χ0n) is 11.3. The number of nitrogens with one attached hydrogen (secondary N) is 2. The van der Waals surface area contributed by atoms with Gasteiger partial charge in [-0.15, -0.1) is 11.8 Å². The summed E-state index contributed by atoms with van der Waals surface area (Å²) in [5.74, 6) is 0.569. The van der Waals surface area contributed by atoms with E-state index in [0.717, 1.165) is 11.4 Å². The molecule has 1 unspecified atom stereocenters. The molecule has 0 saturated carbocycles. The van der Waals surface area contributed by atoms with Gasteiger partial charge in [0.2, 0.25) is 5.91 Å². The number of hydrogen-bond acceptors (Lipinski definition) is 3. The predicted octanol–water partition coefficient (Wildman–Crippen LogP) is 2.59. The lowest BCUT2D eigenvalue weighted by Crippen LogP contribution is -2.24. The maximum atomic E-state index is 11.4.